The van der Waals surface area contributed by atoms with E-state index in [1.165, 1.54) is 50.6 Å². The molecule has 2 bridgehead atoms. The Balaban J connectivity index is 1.49. The molecule has 3 rings (SSSR count). The highest BCUT2D eigenvalue weighted by Gasteiger charge is 2.39. The molecule has 2 fully saturated rings. The number of benzene rings is 1. The van der Waals surface area contributed by atoms with Gasteiger partial charge < -0.3 is 0 Å². The van der Waals surface area contributed by atoms with E-state index < -0.39 is 0 Å². The first-order valence-electron chi connectivity index (χ1n) is 7.26. The summed E-state index contributed by atoms with van der Waals surface area (Å²) in [5.41, 5.74) is 1.47. The second kappa shape index (κ2) is 5.63. The lowest BCUT2D eigenvalue weighted by Gasteiger charge is -2.37. The number of aryl methyl sites for hydroxylation is 1. The molecule has 0 amide bonds. The summed E-state index contributed by atoms with van der Waals surface area (Å²) in [5.74, 6) is 0. The van der Waals surface area contributed by atoms with Crippen LogP contribution in [0.25, 0.3) is 0 Å². The maximum Gasteiger partial charge on any atom is 0.0365 e. The van der Waals surface area contributed by atoms with E-state index in [4.69, 9.17) is 11.6 Å². The summed E-state index contributed by atoms with van der Waals surface area (Å²) in [7, 11) is 0. The van der Waals surface area contributed by atoms with Gasteiger partial charge in [0, 0.05) is 17.5 Å². The van der Waals surface area contributed by atoms with E-state index in [1.54, 1.807) is 0 Å². The largest absolute Gasteiger partial charge is 0.297 e. The minimum absolute atomic E-state index is 0.438. The fourth-order valence-electron chi connectivity index (χ4n) is 3.68. The summed E-state index contributed by atoms with van der Waals surface area (Å²) in [6.45, 7) is 1.26. The minimum atomic E-state index is 0.438. The van der Waals surface area contributed by atoms with Gasteiger partial charge in [0.05, 0.1) is 0 Å². The zero-order valence-corrected chi connectivity index (χ0v) is 11.6. The highest BCUT2D eigenvalue weighted by molar-refractivity contribution is 6.20. The van der Waals surface area contributed by atoms with Gasteiger partial charge in [-0.2, -0.15) is 0 Å². The quantitative estimate of drug-likeness (QED) is 0.746. The molecular formula is C16H22ClN. The lowest BCUT2D eigenvalue weighted by Crippen LogP contribution is -2.43. The Labute approximate surface area is 115 Å². The number of hydrogen-bond acceptors (Lipinski definition) is 1. The summed E-state index contributed by atoms with van der Waals surface area (Å²) in [4.78, 5) is 2.74. The van der Waals surface area contributed by atoms with Crippen LogP contribution in [0.5, 0.6) is 0 Å². The summed E-state index contributed by atoms with van der Waals surface area (Å²) >= 11 is 6.31. The van der Waals surface area contributed by atoms with E-state index in [-0.39, 0.29) is 0 Å². The molecule has 2 saturated heterocycles. The fraction of sp³-hybridized carbons (Fsp3) is 0.625. The van der Waals surface area contributed by atoms with Gasteiger partial charge in [-0.05, 0) is 50.6 Å². The molecule has 2 aliphatic rings. The van der Waals surface area contributed by atoms with Crippen molar-refractivity contribution in [3.63, 3.8) is 0 Å². The highest BCUT2D eigenvalue weighted by Crippen LogP contribution is 2.37. The van der Waals surface area contributed by atoms with Gasteiger partial charge in [-0.3, -0.25) is 4.90 Å². The van der Waals surface area contributed by atoms with Gasteiger partial charge in [-0.1, -0.05) is 30.3 Å². The highest BCUT2D eigenvalue weighted by atomic mass is 35.5. The number of nitrogens with zero attached hydrogens (tertiary/aromatic N) is 1. The van der Waals surface area contributed by atoms with Crippen LogP contribution >= 0.6 is 11.6 Å². The molecule has 18 heavy (non-hydrogen) atoms. The lowest BCUT2D eigenvalue weighted by molar-refractivity contribution is 0.141. The van der Waals surface area contributed by atoms with Gasteiger partial charge in [0.15, 0.2) is 0 Å². The Morgan fingerprint density at radius 3 is 2.39 bits per heavy atom. The number of rotatable bonds is 4. The van der Waals surface area contributed by atoms with Gasteiger partial charge >= 0.3 is 0 Å². The van der Waals surface area contributed by atoms with Crippen molar-refractivity contribution in [1.82, 2.24) is 4.90 Å². The van der Waals surface area contributed by atoms with Crippen molar-refractivity contribution in [2.24, 2.45) is 0 Å². The first-order chi connectivity index (χ1) is 8.83. The van der Waals surface area contributed by atoms with Crippen molar-refractivity contribution < 1.29 is 0 Å². The molecule has 0 saturated carbocycles. The van der Waals surface area contributed by atoms with Crippen LogP contribution in [0.2, 0.25) is 0 Å². The summed E-state index contributed by atoms with van der Waals surface area (Å²) in [6, 6.07) is 12.4. The van der Waals surface area contributed by atoms with E-state index >= 15 is 0 Å². The molecule has 0 aromatic heterocycles. The molecule has 0 N–H and O–H groups in total. The first kappa shape index (κ1) is 12.5. The van der Waals surface area contributed by atoms with E-state index in [9.17, 15) is 0 Å². The molecule has 2 atom stereocenters. The van der Waals surface area contributed by atoms with E-state index in [0.717, 1.165) is 12.1 Å². The summed E-state index contributed by atoms with van der Waals surface area (Å²) < 4.78 is 0. The van der Waals surface area contributed by atoms with Crippen molar-refractivity contribution in [2.45, 2.75) is 56.0 Å². The standard InChI is InChI=1S/C16H22ClN/c17-14-11-15-8-9-16(12-14)18(15)10-4-7-13-5-2-1-3-6-13/h1-3,5-6,14-16H,4,7-12H2. The van der Waals surface area contributed by atoms with Gasteiger partial charge in [-0.15, -0.1) is 11.6 Å². The van der Waals surface area contributed by atoms with E-state index in [0.29, 0.717) is 5.38 Å². The maximum atomic E-state index is 6.31. The van der Waals surface area contributed by atoms with E-state index in [1.807, 2.05) is 0 Å². The van der Waals surface area contributed by atoms with Crippen molar-refractivity contribution in [2.75, 3.05) is 6.54 Å². The predicted octanol–water partition coefficient (Wildman–Crippen LogP) is 3.85. The topological polar surface area (TPSA) is 3.24 Å². The third-order valence-corrected chi connectivity index (χ3v) is 4.91. The van der Waals surface area contributed by atoms with Crippen LogP contribution in [-0.2, 0) is 6.42 Å². The molecular weight excluding hydrogens is 242 g/mol. The van der Waals surface area contributed by atoms with Gasteiger partial charge in [0.25, 0.3) is 0 Å². The van der Waals surface area contributed by atoms with E-state index in [2.05, 4.69) is 35.2 Å². The Hall–Kier alpha value is -0.530. The monoisotopic (exact) mass is 263 g/mol. The zero-order valence-electron chi connectivity index (χ0n) is 10.9. The average molecular weight is 264 g/mol. The van der Waals surface area contributed by atoms with Crippen LogP contribution in [0, 0.1) is 0 Å². The van der Waals surface area contributed by atoms with Crippen LogP contribution < -0.4 is 0 Å². The van der Waals surface area contributed by atoms with Crippen molar-refractivity contribution in [1.29, 1.82) is 0 Å². The van der Waals surface area contributed by atoms with Crippen LogP contribution in [0.3, 0.4) is 0 Å². The predicted molar refractivity (Wildman–Crippen MR) is 77.2 cm³/mol. The number of alkyl halides is 1. The number of fused-ring (bicyclic) bond motifs is 2. The van der Waals surface area contributed by atoms with Crippen molar-refractivity contribution >= 4 is 11.6 Å². The molecule has 1 aromatic carbocycles. The fourth-order valence-corrected chi connectivity index (χ4v) is 4.09. The number of piperidine rings is 1. The Bertz CT molecular complexity index is 364. The Morgan fingerprint density at radius 1 is 1.06 bits per heavy atom. The average Bonchev–Trinajstić information content (AvgIpc) is 2.63. The molecule has 2 heterocycles. The molecule has 0 radical (unpaired) electrons. The molecule has 2 aliphatic heterocycles. The second-order valence-corrected chi connectivity index (χ2v) is 6.40. The van der Waals surface area contributed by atoms with Crippen molar-refractivity contribution in [3.05, 3.63) is 35.9 Å². The van der Waals surface area contributed by atoms with Crippen molar-refractivity contribution in [3.8, 4) is 0 Å². The number of halogens is 1. The van der Waals surface area contributed by atoms with Gasteiger partial charge in [0.2, 0.25) is 0 Å². The third kappa shape index (κ3) is 2.73. The Kier molecular flexibility index (Phi) is 3.91. The maximum absolute atomic E-state index is 6.31. The van der Waals surface area contributed by atoms with Crippen LogP contribution in [-0.4, -0.2) is 28.9 Å². The smallest absolute Gasteiger partial charge is 0.0365 e. The minimum Gasteiger partial charge on any atom is -0.297 e. The van der Waals surface area contributed by atoms with Gasteiger partial charge in [-0.25, -0.2) is 0 Å². The Morgan fingerprint density at radius 2 is 1.72 bits per heavy atom. The second-order valence-electron chi connectivity index (χ2n) is 5.78. The molecule has 1 nitrogen and oxygen atoms in total. The zero-order chi connectivity index (χ0) is 12.4. The number of hydrogen-bond donors (Lipinski definition) is 0. The van der Waals surface area contributed by atoms with Crippen LogP contribution in [0.4, 0.5) is 0 Å². The normalized spacial score (nSPS) is 31.7. The molecule has 2 unspecified atom stereocenters. The van der Waals surface area contributed by atoms with Gasteiger partial charge in [0.1, 0.15) is 0 Å². The summed E-state index contributed by atoms with van der Waals surface area (Å²) in [5, 5.41) is 0.438. The molecule has 2 heteroatoms. The SMILES string of the molecule is ClC1CC2CCC(C1)N2CCCc1ccccc1. The lowest BCUT2D eigenvalue weighted by atomic mass is 10.0. The van der Waals surface area contributed by atoms with Crippen LogP contribution in [0.1, 0.15) is 37.7 Å². The summed E-state index contributed by atoms with van der Waals surface area (Å²) in [6.07, 6.45) is 7.66. The molecule has 98 valence electrons. The first-order valence-corrected chi connectivity index (χ1v) is 7.70. The molecule has 1 aromatic rings. The third-order valence-electron chi connectivity index (χ3n) is 4.55. The van der Waals surface area contributed by atoms with Crippen LogP contribution in [0.15, 0.2) is 30.3 Å². The molecule has 0 aliphatic carbocycles. The molecule has 0 spiro atoms.